The number of nitrogens with zero attached hydrogens (tertiary/aromatic N) is 3. The molecule has 1 aliphatic rings. The predicted octanol–water partition coefficient (Wildman–Crippen LogP) is 4.79. The number of thiazole rings is 1. The van der Waals surface area contributed by atoms with Crippen LogP contribution in [0.1, 0.15) is 28.0 Å². The monoisotopic (exact) mass is 421 g/mol. The summed E-state index contributed by atoms with van der Waals surface area (Å²) in [6.45, 7) is 7.37. The summed E-state index contributed by atoms with van der Waals surface area (Å²) < 4.78 is 5.25. The summed E-state index contributed by atoms with van der Waals surface area (Å²) >= 11 is 1.54. The summed E-state index contributed by atoms with van der Waals surface area (Å²) in [5.41, 5.74) is 5.23. The number of carbonyl (C=O) groups is 1. The predicted molar refractivity (Wildman–Crippen MR) is 123 cm³/mol. The largest absolute Gasteiger partial charge is 0.497 e. The molecule has 0 radical (unpaired) electrons. The molecular weight excluding hydrogens is 394 g/mol. The van der Waals surface area contributed by atoms with E-state index in [0.717, 1.165) is 48.1 Å². The summed E-state index contributed by atoms with van der Waals surface area (Å²) in [5, 5.41) is 2.80. The highest BCUT2D eigenvalue weighted by Crippen LogP contribution is 2.28. The molecule has 0 aliphatic carbocycles. The number of aryl methyl sites for hydroxylation is 2. The third-order valence-electron chi connectivity index (χ3n) is 5.56. The summed E-state index contributed by atoms with van der Waals surface area (Å²) in [6, 6.07) is 14.4. The highest BCUT2D eigenvalue weighted by atomic mass is 32.1. The maximum absolute atomic E-state index is 13.1. The van der Waals surface area contributed by atoms with Gasteiger partial charge in [0.15, 0.2) is 0 Å². The van der Waals surface area contributed by atoms with E-state index in [-0.39, 0.29) is 5.91 Å². The Morgan fingerprint density at radius 3 is 2.57 bits per heavy atom. The normalized spacial score (nSPS) is 14.5. The fourth-order valence-corrected chi connectivity index (χ4v) is 4.77. The van der Waals surface area contributed by atoms with Gasteiger partial charge in [-0.1, -0.05) is 23.8 Å². The zero-order chi connectivity index (χ0) is 21.1. The van der Waals surface area contributed by atoms with Crippen LogP contribution in [0.25, 0.3) is 10.6 Å². The number of aromatic nitrogens is 1. The maximum Gasteiger partial charge on any atom is 0.273 e. The first-order valence-electron chi connectivity index (χ1n) is 10.3. The van der Waals surface area contributed by atoms with Gasteiger partial charge in [-0.25, -0.2) is 4.98 Å². The number of methoxy groups -OCH3 is 1. The van der Waals surface area contributed by atoms with Crippen LogP contribution in [0.15, 0.2) is 47.8 Å². The van der Waals surface area contributed by atoms with E-state index in [1.807, 2.05) is 22.4 Å². The minimum absolute atomic E-state index is 0.0267. The Balaban J connectivity index is 1.44. The molecule has 0 unspecified atom stereocenters. The molecule has 2 heterocycles. The zero-order valence-electron chi connectivity index (χ0n) is 17.7. The lowest BCUT2D eigenvalue weighted by atomic mass is 10.1. The second-order valence-electron chi connectivity index (χ2n) is 7.69. The summed E-state index contributed by atoms with van der Waals surface area (Å²) in [6.07, 6.45) is 0.936. The number of hydrogen-bond acceptors (Lipinski definition) is 5. The smallest absolute Gasteiger partial charge is 0.273 e. The van der Waals surface area contributed by atoms with E-state index in [4.69, 9.17) is 4.74 Å². The van der Waals surface area contributed by atoms with E-state index in [0.29, 0.717) is 12.2 Å². The first-order chi connectivity index (χ1) is 14.5. The molecule has 1 aliphatic heterocycles. The van der Waals surface area contributed by atoms with Crippen LogP contribution in [0.4, 0.5) is 5.69 Å². The molecule has 3 aromatic rings. The summed E-state index contributed by atoms with van der Waals surface area (Å²) in [7, 11) is 1.68. The maximum atomic E-state index is 13.1. The molecule has 1 aromatic heterocycles. The van der Waals surface area contributed by atoms with Crippen LogP contribution in [-0.2, 0) is 0 Å². The molecule has 1 amide bonds. The number of hydrogen-bond donors (Lipinski definition) is 0. The van der Waals surface area contributed by atoms with Crippen LogP contribution in [0.5, 0.6) is 5.75 Å². The highest BCUT2D eigenvalue weighted by molar-refractivity contribution is 7.13. The number of benzene rings is 2. The van der Waals surface area contributed by atoms with Crippen molar-refractivity contribution in [1.29, 1.82) is 0 Å². The molecule has 0 bridgehead atoms. The second kappa shape index (κ2) is 8.88. The van der Waals surface area contributed by atoms with Crippen molar-refractivity contribution in [2.45, 2.75) is 20.3 Å². The number of ether oxygens (including phenoxy) is 1. The van der Waals surface area contributed by atoms with Gasteiger partial charge in [0.1, 0.15) is 16.5 Å². The lowest BCUT2D eigenvalue weighted by Gasteiger charge is -2.23. The third-order valence-corrected chi connectivity index (χ3v) is 6.43. The average Bonchev–Trinajstić information content (AvgIpc) is 3.10. The Morgan fingerprint density at radius 1 is 1.03 bits per heavy atom. The fourth-order valence-electron chi connectivity index (χ4n) is 3.88. The van der Waals surface area contributed by atoms with Crippen LogP contribution in [0.2, 0.25) is 0 Å². The van der Waals surface area contributed by atoms with Crippen molar-refractivity contribution in [3.63, 3.8) is 0 Å². The van der Waals surface area contributed by atoms with Gasteiger partial charge in [0.05, 0.1) is 7.11 Å². The molecule has 5 nitrogen and oxygen atoms in total. The molecule has 0 N–H and O–H groups in total. The minimum atomic E-state index is 0.0267. The topological polar surface area (TPSA) is 45.7 Å². The van der Waals surface area contributed by atoms with Gasteiger partial charge in [-0.2, -0.15) is 0 Å². The van der Waals surface area contributed by atoms with Crippen LogP contribution in [0.3, 0.4) is 0 Å². The molecule has 4 rings (SSSR count). The molecule has 0 atom stereocenters. The van der Waals surface area contributed by atoms with Gasteiger partial charge in [-0.3, -0.25) is 4.79 Å². The molecule has 0 saturated carbocycles. The van der Waals surface area contributed by atoms with Crippen molar-refractivity contribution in [1.82, 2.24) is 9.88 Å². The zero-order valence-corrected chi connectivity index (χ0v) is 18.5. The first kappa shape index (κ1) is 20.4. The van der Waals surface area contributed by atoms with Crippen LogP contribution < -0.4 is 9.64 Å². The minimum Gasteiger partial charge on any atom is -0.497 e. The van der Waals surface area contributed by atoms with Gasteiger partial charge in [0, 0.05) is 42.8 Å². The van der Waals surface area contributed by atoms with E-state index in [1.165, 1.54) is 11.1 Å². The summed E-state index contributed by atoms with van der Waals surface area (Å²) in [4.78, 5) is 22.0. The van der Waals surface area contributed by atoms with Gasteiger partial charge in [0.25, 0.3) is 5.91 Å². The number of carbonyl (C=O) groups excluding carboxylic acids is 1. The van der Waals surface area contributed by atoms with E-state index >= 15 is 0 Å². The number of anilines is 1. The first-order valence-corrected chi connectivity index (χ1v) is 11.1. The molecule has 2 aromatic carbocycles. The molecule has 156 valence electrons. The Bertz CT molecular complexity index is 1030. The number of amides is 1. The van der Waals surface area contributed by atoms with Gasteiger partial charge in [0.2, 0.25) is 0 Å². The third kappa shape index (κ3) is 4.33. The highest BCUT2D eigenvalue weighted by Gasteiger charge is 2.23. The standard InChI is InChI=1S/C24H27N3O2S/c1-17-5-10-21(18(2)15-17)23-25-22(16-30-23)24(28)27-12-4-11-26(13-14-27)19-6-8-20(29-3)9-7-19/h5-10,15-16H,4,11-14H2,1-3H3. The van der Waals surface area contributed by atoms with Gasteiger partial charge in [-0.05, 0) is 50.1 Å². The molecule has 0 spiro atoms. The van der Waals surface area contributed by atoms with Gasteiger partial charge < -0.3 is 14.5 Å². The van der Waals surface area contributed by atoms with Crippen molar-refractivity contribution in [2.75, 3.05) is 38.2 Å². The van der Waals surface area contributed by atoms with Crippen molar-refractivity contribution in [2.24, 2.45) is 0 Å². The lowest BCUT2D eigenvalue weighted by Crippen LogP contribution is -2.35. The SMILES string of the molecule is COc1ccc(N2CCCN(C(=O)c3csc(-c4ccc(C)cc4C)n3)CC2)cc1. The van der Waals surface area contributed by atoms with Crippen LogP contribution in [0, 0.1) is 13.8 Å². The average molecular weight is 422 g/mol. The molecule has 1 fully saturated rings. The van der Waals surface area contributed by atoms with E-state index in [1.54, 1.807) is 18.4 Å². The Labute approximate surface area is 181 Å². The van der Waals surface area contributed by atoms with Crippen LogP contribution in [-0.4, -0.2) is 49.1 Å². The fraction of sp³-hybridized carbons (Fsp3) is 0.333. The van der Waals surface area contributed by atoms with E-state index in [9.17, 15) is 4.79 Å². The Morgan fingerprint density at radius 2 is 1.83 bits per heavy atom. The summed E-state index contributed by atoms with van der Waals surface area (Å²) in [5.74, 6) is 0.882. The van der Waals surface area contributed by atoms with Crippen molar-refractivity contribution >= 4 is 22.9 Å². The lowest BCUT2D eigenvalue weighted by molar-refractivity contribution is 0.0762. The van der Waals surface area contributed by atoms with E-state index in [2.05, 4.69) is 54.1 Å². The number of rotatable bonds is 4. The van der Waals surface area contributed by atoms with Crippen LogP contribution >= 0.6 is 11.3 Å². The second-order valence-corrected chi connectivity index (χ2v) is 8.55. The van der Waals surface area contributed by atoms with Crippen molar-refractivity contribution in [3.05, 3.63) is 64.7 Å². The van der Waals surface area contributed by atoms with Crippen molar-refractivity contribution in [3.8, 4) is 16.3 Å². The quantitative estimate of drug-likeness (QED) is 0.608. The Kier molecular flexibility index (Phi) is 6.04. The molecule has 6 heteroatoms. The van der Waals surface area contributed by atoms with Gasteiger partial charge >= 0.3 is 0 Å². The van der Waals surface area contributed by atoms with Gasteiger partial charge in [-0.15, -0.1) is 11.3 Å². The molecular formula is C24H27N3O2S. The molecule has 1 saturated heterocycles. The van der Waals surface area contributed by atoms with E-state index < -0.39 is 0 Å². The van der Waals surface area contributed by atoms with Crippen molar-refractivity contribution < 1.29 is 9.53 Å². The Hall–Kier alpha value is -2.86. The molecule has 30 heavy (non-hydrogen) atoms.